The second-order valence-electron chi connectivity index (χ2n) is 7.47. The summed E-state index contributed by atoms with van der Waals surface area (Å²) in [5.74, 6) is -2.57. The Labute approximate surface area is 180 Å². The number of halogens is 3. The van der Waals surface area contributed by atoms with Crippen LogP contribution in [-0.2, 0) is 16.6 Å². The molecule has 0 radical (unpaired) electrons. The summed E-state index contributed by atoms with van der Waals surface area (Å²) >= 11 is 0. The number of pyridine rings is 1. The Morgan fingerprint density at radius 3 is 2.50 bits per heavy atom. The molecule has 2 N–H and O–H groups in total. The van der Waals surface area contributed by atoms with Gasteiger partial charge in [-0.2, -0.15) is 21.6 Å². The lowest BCUT2D eigenvalue weighted by Gasteiger charge is -2.21. The van der Waals surface area contributed by atoms with Crippen molar-refractivity contribution in [1.29, 1.82) is 0 Å². The molecule has 0 amide bonds. The Morgan fingerprint density at radius 2 is 1.78 bits per heavy atom. The topological polar surface area (TPSA) is 101 Å². The molecule has 3 aromatic rings. The number of aryl methyl sites for hydroxylation is 1. The van der Waals surface area contributed by atoms with Crippen molar-refractivity contribution in [1.82, 2.24) is 4.57 Å². The predicted molar refractivity (Wildman–Crippen MR) is 113 cm³/mol. The van der Waals surface area contributed by atoms with Crippen molar-refractivity contribution >= 4 is 32.4 Å². The number of alkyl halides is 3. The van der Waals surface area contributed by atoms with Crippen LogP contribution in [0.5, 0.6) is 5.75 Å². The maximum absolute atomic E-state index is 13.3. The standard InChI is InChI=1S/C21H18F3N3O4S/c1-12(21(22,23)24)10-11-27-15-8-4-2-6-13(15)18(28)17(20(27)29)19-25-14-7-3-5-9-16(14)32(30,31)26-19/h2-9,12,28H,10-11H2,1H3,(H,25,26). The Balaban J connectivity index is 1.90. The van der Waals surface area contributed by atoms with Crippen LogP contribution in [0.3, 0.4) is 0 Å². The van der Waals surface area contributed by atoms with Crippen LogP contribution >= 0.6 is 0 Å². The highest BCUT2D eigenvalue weighted by Crippen LogP contribution is 2.33. The van der Waals surface area contributed by atoms with Gasteiger partial charge in [0.05, 0.1) is 17.1 Å². The molecule has 2 aromatic carbocycles. The maximum Gasteiger partial charge on any atom is 0.391 e. The predicted octanol–water partition coefficient (Wildman–Crippen LogP) is 3.86. The number of nitrogens with one attached hydrogen (secondary N) is 1. The van der Waals surface area contributed by atoms with E-state index in [1.165, 1.54) is 30.3 Å². The first-order valence-electron chi connectivity index (χ1n) is 9.63. The van der Waals surface area contributed by atoms with Crippen LogP contribution in [0.2, 0.25) is 0 Å². The first-order valence-corrected chi connectivity index (χ1v) is 11.1. The molecule has 2 heterocycles. The Kier molecular flexibility index (Phi) is 5.24. The molecular weight excluding hydrogens is 447 g/mol. The molecule has 168 valence electrons. The highest BCUT2D eigenvalue weighted by atomic mass is 32.2. The molecule has 0 aliphatic carbocycles. The number of benzene rings is 2. The van der Waals surface area contributed by atoms with E-state index in [-0.39, 0.29) is 34.5 Å². The van der Waals surface area contributed by atoms with Crippen LogP contribution in [0.15, 0.2) is 62.6 Å². The van der Waals surface area contributed by atoms with Gasteiger partial charge in [-0.25, -0.2) is 0 Å². The van der Waals surface area contributed by atoms with Crippen molar-refractivity contribution < 1.29 is 26.7 Å². The lowest BCUT2D eigenvalue weighted by molar-refractivity contribution is -0.171. The third-order valence-corrected chi connectivity index (χ3v) is 6.69. The summed E-state index contributed by atoms with van der Waals surface area (Å²) in [6, 6.07) is 12.1. The van der Waals surface area contributed by atoms with Gasteiger partial charge in [0.2, 0.25) is 0 Å². The van der Waals surface area contributed by atoms with Gasteiger partial charge < -0.3 is 15.0 Å². The number of fused-ring (bicyclic) bond motifs is 2. The number of amidine groups is 1. The van der Waals surface area contributed by atoms with E-state index in [9.17, 15) is 31.5 Å². The number of hydrogen-bond donors (Lipinski definition) is 2. The number of nitrogens with zero attached hydrogens (tertiary/aromatic N) is 2. The van der Waals surface area contributed by atoms with E-state index >= 15 is 0 Å². The molecule has 11 heteroatoms. The summed E-state index contributed by atoms with van der Waals surface area (Å²) in [7, 11) is -4.17. The van der Waals surface area contributed by atoms with E-state index in [4.69, 9.17) is 0 Å². The molecule has 1 aromatic heterocycles. The van der Waals surface area contributed by atoms with Crippen LogP contribution in [0, 0.1) is 5.92 Å². The monoisotopic (exact) mass is 465 g/mol. The first-order chi connectivity index (χ1) is 15.0. The van der Waals surface area contributed by atoms with Crippen LogP contribution in [0.4, 0.5) is 18.9 Å². The van der Waals surface area contributed by atoms with Gasteiger partial charge in [-0.05, 0) is 30.7 Å². The second kappa shape index (κ2) is 7.66. The molecule has 4 rings (SSSR count). The van der Waals surface area contributed by atoms with Crippen LogP contribution in [0.25, 0.3) is 10.9 Å². The Morgan fingerprint density at radius 1 is 1.12 bits per heavy atom. The van der Waals surface area contributed by atoms with Crippen molar-refractivity contribution in [3.8, 4) is 5.75 Å². The summed E-state index contributed by atoms with van der Waals surface area (Å²) in [4.78, 5) is 13.2. The molecule has 32 heavy (non-hydrogen) atoms. The van der Waals surface area contributed by atoms with Crippen LogP contribution in [0.1, 0.15) is 18.9 Å². The van der Waals surface area contributed by atoms with E-state index < -0.39 is 44.8 Å². The molecule has 1 aliphatic heterocycles. The molecule has 1 unspecified atom stereocenters. The zero-order valence-electron chi connectivity index (χ0n) is 16.7. The minimum absolute atomic E-state index is 0.0941. The lowest BCUT2D eigenvalue weighted by Crippen LogP contribution is -2.33. The van der Waals surface area contributed by atoms with Gasteiger partial charge in [-0.1, -0.05) is 31.2 Å². The number of anilines is 1. The first kappa shape index (κ1) is 21.9. The Bertz CT molecular complexity index is 1410. The largest absolute Gasteiger partial charge is 0.506 e. The minimum atomic E-state index is -4.42. The minimum Gasteiger partial charge on any atom is -0.506 e. The van der Waals surface area contributed by atoms with Crippen molar-refractivity contribution in [2.24, 2.45) is 10.3 Å². The highest BCUT2D eigenvalue weighted by Gasteiger charge is 2.36. The number of para-hydroxylation sites is 2. The number of aromatic hydroxyl groups is 1. The van der Waals surface area contributed by atoms with Gasteiger partial charge in [-0.15, -0.1) is 4.40 Å². The van der Waals surface area contributed by atoms with Gasteiger partial charge in [-0.3, -0.25) is 4.79 Å². The number of sulfonamides is 1. The average Bonchev–Trinajstić information content (AvgIpc) is 2.72. The number of aromatic nitrogens is 1. The lowest BCUT2D eigenvalue weighted by atomic mass is 10.1. The molecule has 1 atom stereocenters. The van der Waals surface area contributed by atoms with Crippen molar-refractivity contribution in [3.05, 3.63) is 64.4 Å². The molecule has 0 saturated heterocycles. The van der Waals surface area contributed by atoms with Crippen LogP contribution in [-0.4, -0.2) is 30.1 Å². The zero-order chi connectivity index (χ0) is 23.3. The SMILES string of the molecule is CC(CCn1c(=O)c(C2=NS(=O)(=O)c3ccccc3N2)c(O)c2ccccc21)C(F)(F)F. The van der Waals surface area contributed by atoms with Crippen molar-refractivity contribution in [3.63, 3.8) is 0 Å². The third kappa shape index (κ3) is 3.72. The third-order valence-electron chi connectivity index (χ3n) is 5.36. The quantitative estimate of drug-likeness (QED) is 0.610. The molecule has 1 aliphatic rings. The normalized spacial score (nSPS) is 16.2. The smallest absolute Gasteiger partial charge is 0.391 e. The van der Waals surface area contributed by atoms with Gasteiger partial charge in [0, 0.05) is 11.9 Å². The van der Waals surface area contributed by atoms with Gasteiger partial charge in [0.1, 0.15) is 16.2 Å². The molecule has 0 fully saturated rings. The van der Waals surface area contributed by atoms with Gasteiger partial charge in [0.25, 0.3) is 15.6 Å². The van der Waals surface area contributed by atoms with Gasteiger partial charge >= 0.3 is 6.18 Å². The molecule has 0 bridgehead atoms. The average molecular weight is 465 g/mol. The summed E-state index contributed by atoms with van der Waals surface area (Å²) < 4.78 is 69.0. The summed E-state index contributed by atoms with van der Waals surface area (Å²) in [6.07, 6.45) is -4.80. The molecular formula is C21H18F3N3O4S. The molecule has 0 saturated carbocycles. The molecule has 0 spiro atoms. The highest BCUT2D eigenvalue weighted by molar-refractivity contribution is 7.90. The fourth-order valence-corrected chi connectivity index (χ4v) is 4.66. The summed E-state index contributed by atoms with van der Waals surface area (Å²) in [5.41, 5.74) is -0.882. The zero-order valence-corrected chi connectivity index (χ0v) is 17.5. The summed E-state index contributed by atoms with van der Waals surface area (Å²) in [5, 5.41) is 13.8. The van der Waals surface area contributed by atoms with E-state index in [1.807, 2.05) is 0 Å². The van der Waals surface area contributed by atoms with E-state index in [0.717, 1.165) is 11.5 Å². The summed E-state index contributed by atoms with van der Waals surface area (Å²) in [6.45, 7) is 0.731. The fourth-order valence-electron chi connectivity index (χ4n) is 3.53. The maximum atomic E-state index is 13.3. The Hall–Kier alpha value is -3.34. The van der Waals surface area contributed by atoms with Crippen LogP contribution < -0.4 is 10.9 Å². The van der Waals surface area contributed by atoms with E-state index in [2.05, 4.69) is 9.71 Å². The van der Waals surface area contributed by atoms with E-state index in [1.54, 1.807) is 18.2 Å². The fraction of sp³-hybridized carbons (Fsp3) is 0.238. The molecule has 7 nitrogen and oxygen atoms in total. The van der Waals surface area contributed by atoms with Crippen molar-refractivity contribution in [2.45, 2.75) is 31.0 Å². The second-order valence-corrected chi connectivity index (χ2v) is 9.04. The number of hydrogen-bond acceptors (Lipinski definition) is 5. The number of rotatable bonds is 4. The van der Waals surface area contributed by atoms with Gasteiger partial charge in [0.15, 0.2) is 5.84 Å². The van der Waals surface area contributed by atoms with Crippen molar-refractivity contribution in [2.75, 3.05) is 5.32 Å². The van der Waals surface area contributed by atoms with E-state index in [0.29, 0.717) is 0 Å².